The maximum atomic E-state index is 11.0. The van der Waals surface area contributed by atoms with Gasteiger partial charge in [0, 0.05) is 12.4 Å². The average Bonchev–Trinajstić information content (AvgIpc) is 2.15. The van der Waals surface area contributed by atoms with Crippen LogP contribution in [-0.2, 0) is 15.4 Å². The smallest absolute Gasteiger partial charge is 0.342 e. The highest BCUT2D eigenvalue weighted by Crippen LogP contribution is 1.95. The van der Waals surface area contributed by atoms with Crippen molar-refractivity contribution >= 4 is 16.7 Å². The quantitative estimate of drug-likeness (QED) is 0.510. The van der Waals surface area contributed by atoms with Crippen LogP contribution in [0.15, 0.2) is 18.7 Å². The maximum Gasteiger partial charge on any atom is 0.342 e. The van der Waals surface area contributed by atoms with Crippen molar-refractivity contribution in [3.8, 4) is 0 Å². The lowest BCUT2D eigenvalue weighted by molar-refractivity contribution is 0.0573. The first-order valence-electron chi connectivity index (χ1n) is 3.24. The van der Waals surface area contributed by atoms with Crippen molar-refractivity contribution in [3.05, 3.63) is 24.3 Å². The zero-order valence-electron chi connectivity index (χ0n) is 6.41. The summed E-state index contributed by atoms with van der Waals surface area (Å²) in [7, 11) is -2.71. The molecule has 70 valence electrons. The van der Waals surface area contributed by atoms with Gasteiger partial charge >= 0.3 is 5.97 Å². The summed E-state index contributed by atoms with van der Waals surface area (Å²) in [6.45, 7) is 0. The number of esters is 1. The highest BCUT2D eigenvalue weighted by molar-refractivity contribution is 7.72. The summed E-state index contributed by atoms with van der Waals surface area (Å²) in [6, 6.07) is 0. The molecule has 1 aromatic heterocycles. The van der Waals surface area contributed by atoms with Gasteiger partial charge in [-0.15, -0.1) is 0 Å². The number of aromatic nitrogens is 2. The van der Waals surface area contributed by atoms with E-state index in [4.69, 9.17) is 0 Å². The Bertz CT molecular complexity index is 354. The summed E-state index contributed by atoms with van der Waals surface area (Å²) >= 11 is 0. The highest BCUT2D eigenvalue weighted by Gasteiger charge is 2.06. The molecular weight excluding hydrogens is 196 g/mol. The van der Waals surface area contributed by atoms with Crippen molar-refractivity contribution in [2.75, 3.05) is 5.94 Å². The van der Waals surface area contributed by atoms with Gasteiger partial charge in [0.25, 0.3) is 0 Å². The Labute approximate surface area is 75.5 Å². The molecule has 13 heavy (non-hydrogen) atoms. The molecule has 0 aliphatic rings. The number of carbonyl (C=O) groups excluding carboxylic acids is 1. The van der Waals surface area contributed by atoms with Gasteiger partial charge in [0.15, 0.2) is 16.6 Å². The molecule has 7 heteroatoms. The predicted molar refractivity (Wildman–Crippen MR) is 42.6 cm³/mol. The molecule has 0 aliphatic heterocycles. The third kappa shape index (κ3) is 3.16. The Morgan fingerprint density at radius 3 is 2.54 bits per heavy atom. The van der Waals surface area contributed by atoms with E-state index in [0.717, 1.165) is 0 Å². The van der Waals surface area contributed by atoms with Crippen molar-refractivity contribution in [1.29, 1.82) is 0 Å². The van der Waals surface area contributed by atoms with Crippen LogP contribution < -0.4 is 0 Å². The molecule has 0 spiro atoms. The zero-order valence-corrected chi connectivity index (χ0v) is 7.31. The van der Waals surface area contributed by atoms with E-state index in [1.807, 2.05) is 0 Å². The normalized spacial score (nSPS) is 9.92. The van der Waals surface area contributed by atoms with Gasteiger partial charge in [-0.2, -0.15) is 0 Å². The van der Waals surface area contributed by atoms with Crippen LogP contribution in [0.5, 0.6) is 0 Å². The van der Waals surface area contributed by atoms with E-state index in [1.54, 1.807) is 0 Å². The van der Waals surface area contributed by atoms with Crippen LogP contribution in [0.3, 0.4) is 0 Å². The second kappa shape index (κ2) is 4.51. The number of hydrogen-bond acceptors (Lipinski definition) is 6. The molecule has 0 N–H and O–H groups in total. The van der Waals surface area contributed by atoms with E-state index < -0.39 is 22.6 Å². The standard InChI is InChI=1S/C6H6N2O4S/c9-6(12-4-13(10)11)5-1-7-3-8-2-5/h1-3,13H,4H2. The number of rotatable bonds is 3. The molecule has 0 bridgehead atoms. The van der Waals surface area contributed by atoms with Crippen LogP contribution in [0.2, 0.25) is 0 Å². The SMILES string of the molecule is O=C(OC[SH](=O)=O)c1cncnc1. The summed E-state index contributed by atoms with van der Waals surface area (Å²) in [5.74, 6) is -1.37. The van der Waals surface area contributed by atoms with Crippen LogP contribution in [0.4, 0.5) is 0 Å². The number of ether oxygens (including phenoxy) is 1. The maximum absolute atomic E-state index is 11.0. The molecule has 0 radical (unpaired) electrons. The predicted octanol–water partition coefficient (Wildman–Crippen LogP) is -0.798. The average molecular weight is 202 g/mol. The van der Waals surface area contributed by atoms with Crippen molar-refractivity contribution < 1.29 is 17.9 Å². The third-order valence-corrected chi connectivity index (χ3v) is 1.44. The molecule has 0 amide bonds. The number of hydrogen-bond donors (Lipinski definition) is 1. The molecule has 0 unspecified atom stereocenters. The molecule has 0 saturated carbocycles. The Hall–Kier alpha value is -1.50. The molecule has 6 nitrogen and oxygen atoms in total. The number of nitrogens with zero attached hydrogens (tertiary/aromatic N) is 2. The van der Waals surface area contributed by atoms with E-state index in [0.29, 0.717) is 0 Å². The fourth-order valence-corrected chi connectivity index (χ4v) is 0.822. The van der Waals surface area contributed by atoms with E-state index in [1.165, 1.54) is 18.7 Å². The van der Waals surface area contributed by atoms with Gasteiger partial charge in [0.2, 0.25) is 0 Å². The first kappa shape index (κ1) is 9.59. The van der Waals surface area contributed by atoms with Crippen LogP contribution in [0.25, 0.3) is 0 Å². The summed E-state index contributed by atoms with van der Waals surface area (Å²) in [4.78, 5) is 18.1. The first-order chi connectivity index (χ1) is 6.20. The van der Waals surface area contributed by atoms with E-state index in [-0.39, 0.29) is 5.56 Å². The minimum absolute atomic E-state index is 0.124. The van der Waals surface area contributed by atoms with Crippen LogP contribution in [0.1, 0.15) is 10.4 Å². The van der Waals surface area contributed by atoms with Crippen LogP contribution in [0, 0.1) is 0 Å². The Morgan fingerprint density at radius 2 is 2.00 bits per heavy atom. The molecule has 0 aromatic carbocycles. The zero-order chi connectivity index (χ0) is 9.68. The van der Waals surface area contributed by atoms with Gasteiger partial charge in [-0.3, -0.25) is 0 Å². The topological polar surface area (TPSA) is 86.2 Å². The Kier molecular flexibility index (Phi) is 3.32. The summed E-state index contributed by atoms with van der Waals surface area (Å²) in [5.41, 5.74) is 0.124. The van der Waals surface area contributed by atoms with E-state index in [2.05, 4.69) is 14.7 Å². The van der Waals surface area contributed by atoms with Crippen molar-refractivity contribution in [1.82, 2.24) is 9.97 Å². The van der Waals surface area contributed by atoms with Crippen molar-refractivity contribution in [2.24, 2.45) is 0 Å². The Morgan fingerprint density at radius 1 is 1.38 bits per heavy atom. The molecule has 0 saturated heterocycles. The number of carbonyl (C=O) groups is 1. The lowest BCUT2D eigenvalue weighted by Crippen LogP contribution is -2.07. The van der Waals surface area contributed by atoms with Gasteiger partial charge in [0.05, 0.1) is 5.56 Å². The first-order valence-corrected chi connectivity index (χ1v) is 4.60. The molecule has 0 atom stereocenters. The largest absolute Gasteiger partial charge is 0.446 e. The highest BCUT2D eigenvalue weighted by atomic mass is 32.2. The summed E-state index contributed by atoms with van der Waals surface area (Å²) < 4.78 is 24.5. The van der Waals surface area contributed by atoms with Gasteiger partial charge in [-0.25, -0.2) is 23.2 Å². The second-order valence-electron chi connectivity index (χ2n) is 2.02. The second-order valence-corrected chi connectivity index (χ2v) is 2.94. The molecule has 0 aliphatic carbocycles. The minimum atomic E-state index is -2.71. The Balaban J connectivity index is 2.59. The van der Waals surface area contributed by atoms with Crippen molar-refractivity contribution in [3.63, 3.8) is 0 Å². The van der Waals surface area contributed by atoms with Crippen molar-refractivity contribution in [2.45, 2.75) is 0 Å². The number of thiol groups is 1. The van der Waals surface area contributed by atoms with Gasteiger partial charge in [0.1, 0.15) is 6.33 Å². The molecule has 0 fully saturated rings. The lowest BCUT2D eigenvalue weighted by Gasteiger charge is -1.97. The molecule has 1 aromatic rings. The summed E-state index contributed by atoms with van der Waals surface area (Å²) in [5, 5.41) is 0. The van der Waals surface area contributed by atoms with E-state index in [9.17, 15) is 13.2 Å². The minimum Gasteiger partial charge on any atom is -0.446 e. The lowest BCUT2D eigenvalue weighted by atomic mass is 10.4. The van der Waals surface area contributed by atoms with Gasteiger partial charge in [-0.1, -0.05) is 0 Å². The van der Waals surface area contributed by atoms with E-state index >= 15 is 0 Å². The fraction of sp³-hybridized carbons (Fsp3) is 0.167. The molecular formula is C6H6N2O4S. The summed E-state index contributed by atoms with van der Waals surface area (Å²) in [6.07, 6.45) is 3.74. The van der Waals surface area contributed by atoms with Gasteiger partial charge in [-0.05, 0) is 0 Å². The fourth-order valence-electron chi connectivity index (χ4n) is 0.599. The van der Waals surface area contributed by atoms with Gasteiger partial charge < -0.3 is 4.74 Å². The van der Waals surface area contributed by atoms with Crippen LogP contribution in [-0.4, -0.2) is 30.3 Å². The third-order valence-electron chi connectivity index (χ3n) is 1.10. The van der Waals surface area contributed by atoms with Crippen LogP contribution >= 0.6 is 0 Å². The molecule has 1 rings (SSSR count). The monoisotopic (exact) mass is 202 g/mol. The molecule has 1 heterocycles.